The third kappa shape index (κ3) is 3.55. The van der Waals surface area contributed by atoms with Crippen molar-refractivity contribution in [2.45, 2.75) is 19.4 Å². The molecule has 2 aromatic carbocycles. The summed E-state index contributed by atoms with van der Waals surface area (Å²) in [6, 6.07) is 15.6. The van der Waals surface area contributed by atoms with Crippen LogP contribution in [0.4, 0.5) is 5.69 Å². The van der Waals surface area contributed by atoms with Crippen molar-refractivity contribution < 1.29 is 14.3 Å². The number of halogens is 1. The standard InChI is InChI=1S/C22H18ClNO3S/c1-14-12-15-6-2-4-8-17(15)24(14)20(25)13-27-21(26)11-10-19-22(23)16-7-3-5-9-18(16)28-19/h2-11,14H,12-13H2,1H3/b11-10+/t14-/m0/s1. The minimum atomic E-state index is -0.568. The van der Waals surface area contributed by atoms with Gasteiger partial charge in [0.15, 0.2) is 6.61 Å². The zero-order chi connectivity index (χ0) is 19.7. The number of carbonyl (C=O) groups is 2. The van der Waals surface area contributed by atoms with Gasteiger partial charge in [0, 0.05) is 32.8 Å². The summed E-state index contributed by atoms with van der Waals surface area (Å²) in [4.78, 5) is 27.1. The Balaban J connectivity index is 1.40. The van der Waals surface area contributed by atoms with E-state index in [1.807, 2.05) is 55.5 Å². The Morgan fingerprint density at radius 3 is 2.79 bits per heavy atom. The Bertz CT molecular complexity index is 1090. The van der Waals surface area contributed by atoms with Crippen molar-refractivity contribution in [1.29, 1.82) is 0 Å². The second-order valence-electron chi connectivity index (χ2n) is 6.66. The molecular formula is C22H18ClNO3S. The second-order valence-corrected chi connectivity index (χ2v) is 8.12. The number of carbonyl (C=O) groups excluding carboxylic acids is 2. The molecule has 1 aromatic heterocycles. The predicted octanol–water partition coefficient (Wildman–Crippen LogP) is 5.09. The largest absolute Gasteiger partial charge is 0.452 e. The van der Waals surface area contributed by atoms with Crippen LogP contribution in [0.3, 0.4) is 0 Å². The van der Waals surface area contributed by atoms with E-state index in [0.29, 0.717) is 5.02 Å². The molecule has 1 aliphatic heterocycles. The number of rotatable bonds is 4. The van der Waals surface area contributed by atoms with E-state index in [4.69, 9.17) is 16.3 Å². The molecule has 0 spiro atoms. The molecule has 0 unspecified atom stereocenters. The summed E-state index contributed by atoms with van der Waals surface area (Å²) < 4.78 is 6.21. The topological polar surface area (TPSA) is 46.6 Å². The molecular weight excluding hydrogens is 394 g/mol. The smallest absolute Gasteiger partial charge is 0.331 e. The van der Waals surface area contributed by atoms with Gasteiger partial charge in [0.05, 0.1) is 5.02 Å². The van der Waals surface area contributed by atoms with Crippen LogP contribution in [-0.2, 0) is 20.7 Å². The first-order valence-electron chi connectivity index (χ1n) is 8.96. The molecule has 6 heteroatoms. The van der Waals surface area contributed by atoms with Crippen LogP contribution >= 0.6 is 22.9 Å². The van der Waals surface area contributed by atoms with Crippen molar-refractivity contribution in [2.75, 3.05) is 11.5 Å². The molecule has 0 fully saturated rings. The molecule has 0 bridgehead atoms. The average Bonchev–Trinajstić information content (AvgIpc) is 3.21. The van der Waals surface area contributed by atoms with Crippen LogP contribution in [0.15, 0.2) is 54.6 Å². The van der Waals surface area contributed by atoms with E-state index in [1.165, 1.54) is 17.4 Å². The van der Waals surface area contributed by atoms with E-state index in [9.17, 15) is 9.59 Å². The second kappa shape index (κ2) is 7.78. The molecule has 4 rings (SSSR count). The molecule has 1 aliphatic rings. The maximum atomic E-state index is 12.6. The van der Waals surface area contributed by atoms with Gasteiger partial charge in [-0.3, -0.25) is 4.79 Å². The van der Waals surface area contributed by atoms with Crippen molar-refractivity contribution >= 4 is 56.7 Å². The summed E-state index contributed by atoms with van der Waals surface area (Å²) in [6.45, 7) is 1.70. The third-order valence-corrected chi connectivity index (χ3v) is 6.40. The zero-order valence-corrected chi connectivity index (χ0v) is 16.8. The highest BCUT2D eigenvalue weighted by atomic mass is 35.5. The van der Waals surface area contributed by atoms with Gasteiger partial charge in [0.1, 0.15) is 0 Å². The number of anilines is 1. The molecule has 0 saturated carbocycles. The van der Waals surface area contributed by atoms with Crippen molar-refractivity contribution in [1.82, 2.24) is 0 Å². The number of para-hydroxylation sites is 1. The van der Waals surface area contributed by atoms with Crippen LogP contribution in [0.5, 0.6) is 0 Å². The summed E-state index contributed by atoms with van der Waals surface area (Å²) in [6.07, 6.45) is 3.75. The van der Waals surface area contributed by atoms with E-state index in [2.05, 4.69) is 0 Å². The number of benzene rings is 2. The summed E-state index contributed by atoms with van der Waals surface area (Å²) in [5.41, 5.74) is 2.03. The highest BCUT2D eigenvalue weighted by Gasteiger charge is 2.30. The lowest BCUT2D eigenvalue weighted by Gasteiger charge is -2.22. The highest BCUT2D eigenvalue weighted by molar-refractivity contribution is 7.20. The van der Waals surface area contributed by atoms with Gasteiger partial charge in [-0.05, 0) is 37.1 Å². The molecule has 3 aromatic rings. The number of thiophene rings is 1. The third-order valence-electron chi connectivity index (χ3n) is 4.74. The Kier molecular flexibility index (Phi) is 5.20. The van der Waals surface area contributed by atoms with Crippen molar-refractivity contribution in [3.8, 4) is 0 Å². The molecule has 1 atom stereocenters. The first-order chi connectivity index (χ1) is 13.5. The Morgan fingerprint density at radius 1 is 1.21 bits per heavy atom. The molecule has 1 amide bonds. The lowest BCUT2D eigenvalue weighted by molar-refractivity contribution is -0.143. The van der Waals surface area contributed by atoms with Gasteiger partial charge in [-0.2, -0.15) is 0 Å². The molecule has 4 nitrogen and oxygen atoms in total. The number of esters is 1. The van der Waals surface area contributed by atoms with E-state index in [1.54, 1.807) is 11.0 Å². The van der Waals surface area contributed by atoms with Gasteiger partial charge in [-0.15, -0.1) is 11.3 Å². The first-order valence-corrected chi connectivity index (χ1v) is 10.2. The van der Waals surface area contributed by atoms with Crippen LogP contribution in [-0.4, -0.2) is 24.5 Å². The maximum Gasteiger partial charge on any atom is 0.331 e. The van der Waals surface area contributed by atoms with E-state index >= 15 is 0 Å². The molecule has 28 heavy (non-hydrogen) atoms. The number of hydrogen-bond donors (Lipinski definition) is 0. The summed E-state index contributed by atoms with van der Waals surface area (Å²) in [5, 5.41) is 1.57. The fourth-order valence-corrected chi connectivity index (χ4v) is 4.88. The molecule has 2 heterocycles. The molecule has 0 aliphatic carbocycles. The number of fused-ring (bicyclic) bond motifs is 2. The van der Waals surface area contributed by atoms with Gasteiger partial charge in [-0.1, -0.05) is 48.0 Å². The normalized spacial score (nSPS) is 15.9. The first kappa shape index (κ1) is 18.7. The van der Waals surface area contributed by atoms with Gasteiger partial charge < -0.3 is 9.64 Å². The van der Waals surface area contributed by atoms with E-state index in [0.717, 1.165) is 32.6 Å². The number of nitrogens with zero attached hydrogens (tertiary/aromatic N) is 1. The van der Waals surface area contributed by atoms with E-state index < -0.39 is 5.97 Å². The number of amides is 1. The highest BCUT2D eigenvalue weighted by Crippen LogP contribution is 2.36. The van der Waals surface area contributed by atoms with E-state index in [-0.39, 0.29) is 18.6 Å². The molecule has 142 valence electrons. The lowest BCUT2D eigenvalue weighted by Crippen LogP contribution is -2.38. The summed E-state index contributed by atoms with van der Waals surface area (Å²) >= 11 is 7.87. The van der Waals surface area contributed by atoms with Gasteiger partial charge in [0.25, 0.3) is 5.91 Å². The monoisotopic (exact) mass is 411 g/mol. The lowest BCUT2D eigenvalue weighted by atomic mass is 10.1. The summed E-state index contributed by atoms with van der Waals surface area (Å²) in [5.74, 6) is -0.791. The molecule has 0 radical (unpaired) electrons. The van der Waals surface area contributed by atoms with Crippen LogP contribution < -0.4 is 4.90 Å². The van der Waals surface area contributed by atoms with Crippen LogP contribution in [0.2, 0.25) is 5.02 Å². The predicted molar refractivity (Wildman–Crippen MR) is 114 cm³/mol. The van der Waals surface area contributed by atoms with Crippen molar-refractivity contribution in [3.63, 3.8) is 0 Å². The van der Waals surface area contributed by atoms with Gasteiger partial charge in [-0.25, -0.2) is 4.79 Å². The van der Waals surface area contributed by atoms with Gasteiger partial charge in [0.2, 0.25) is 0 Å². The number of hydrogen-bond acceptors (Lipinski definition) is 4. The van der Waals surface area contributed by atoms with Crippen LogP contribution in [0.1, 0.15) is 17.4 Å². The SMILES string of the molecule is C[C@H]1Cc2ccccc2N1C(=O)COC(=O)/C=C/c1sc2ccccc2c1Cl. The minimum Gasteiger partial charge on any atom is -0.452 e. The number of ether oxygens (including phenoxy) is 1. The minimum absolute atomic E-state index is 0.0523. The zero-order valence-electron chi connectivity index (χ0n) is 15.2. The fourth-order valence-electron chi connectivity index (χ4n) is 3.48. The Morgan fingerprint density at radius 2 is 1.96 bits per heavy atom. The van der Waals surface area contributed by atoms with Gasteiger partial charge >= 0.3 is 5.97 Å². The van der Waals surface area contributed by atoms with Crippen LogP contribution in [0.25, 0.3) is 16.2 Å². The average molecular weight is 412 g/mol. The van der Waals surface area contributed by atoms with Crippen molar-refractivity contribution in [3.05, 3.63) is 70.1 Å². The van der Waals surface area contributed by atoms with Crippen molar-refractivity contribution in [2.24, 2.45) is 0 Å². The Hall–Kier alpha value is -2.63. The maximum absolute atomic E-state index is 12.6. The van der Waals surface area contributed by atoms with Crippen LogP contribution in [0, 0.1) is 0 Å². The fraction of sp³-hybridized carbons (Fsp3) is 0.182. The molecule has 0 N–H and O–H groups in total. The summed E-state index contributed by atoms with van der Waals surface area (Å²) in [7, 11) is 0. The molecule has 0 saturated heterocycles. The quantitative estimate of drug-likeness (QED) is 0.443. The Labute approximate surface area is 172 Å².